The molecular formula is C25H25FN4O3. The molecule has 0 unspecified atom stereocenters. The normalized spacial score (nSPS) is 14.2. The third-order valence-corrected chi connectivity index (χ3v) is 5.88. The van der Waals surface area contributed by atoms with Crippen LogP contribution in [0.1, 0.15) is 21.5 Å². The van der Waals surface area contributed by atoms with Crippen LogP contribution in [0.4, 0.5) is 21.5 Å². The van der Waals surface area contributed by atoms with E-state index in [9.17, 15) is 19.3 Å². The summed E-state index contributed by atoms with van der Waals surface area (Å²) >= 11 is 0. The number of carbonyl (C=O) groups excluding carboxylic acids is 1. The molecule has 1 heterocycles. The van der Waals surface area contributed by atoms with Crippen molar-refractivity contribution in [2.45, 2.75) is 13.5 Å². The molecule has 0 bridgehead atoms. The number of halogens is 1. The maximum Gasteiger partial charge on any atom is 0.273 e. The SMILES string of the molecule is Cc1ccc(C(=O)Nc2ccc(N3CCN(Cc4ccccc4F)CC3)cc2)cc1[N+](=O)[O-]. The molecule has 1 saturated heterocycles. The molecule has 1 N–H and O–H groups in total. The van der Waals surface area contributed by atoms with Crippen molar-refractivity contribution in [1.29, 1.82) is 0 Å². The van der Waals surface area contributed by atoms with Gasteiger partial charge in [-0.2, -0.15) is 0 Å². The number of nitrogens with zero attached hydrogens (tertiary/aromatic N) is 3. The van der Waals surface area contributed by atoms with Gasteiger partial charge >= 0.3 is 0 Å². The fourth-order valence-electron chi connectivity index (χ4n) is 3.94. The summed E-state index contributed by atoms with van der Waals surface area (Å²) in [5.41, 5.74) is 3.05. The van der Waals surface area contributed by atoms with E-state index in [1.54, 1.807) is 25.1 Å². The lowest BCUT2D eigenvalue weighted by atomic mass is 10.1. The van der Waals surface area contributed by atoms with Crippen molar-refractivity contribution < 1.29 is 14.1 Å². The van der Waals surface area contributed by atoms with Crippen molar-refractivity contribution in [1.82, 2.24) is 4.90 Å². The molecule has 3 aromatic carbocycles. The van der Waals surface area contributed by atoms with E-state index in [1.165, 1.54) is 12.1 Å². The molecule has 0 aromatic heterocycles. The first kappa shape index (κ1) is 22.4. The molecule has 3 aromatic rings. The van der Waals surface area contributed by atoms with E-state index in [1.807, 2.05) is 36.4 Å². The van der Waals surface area contributed by atoms with Crippen LogP contribution in [0.15, 0.2) is 66.7 Å². The largest absolute Gasteiger partial charge is 0.369 e. The highest BCUT2D eigenvalue weighted by Crippen LogP contribution is 2.23. The number of anilines is 2. The third kappa shape index (κ3) is 5.35. The molecule has 0 radical (unpaired) electrons. The lowest BCUT2D eigenvalue weighted by Gasteiger charge is -2.36. The second-order valence-electron chi connectivity index (χ2n) is 8.11. The molecule has 1 aliphatic heterocycles. The molecule has 8 heteroatoms. The number of nitro benzene ring substituents is 1. The van der Waals surface area contributed by atoms with Crippen LogP contribution in [0.5, 0.6) is 0 Å². The molecule has 0 spiro atoms. The van der Waals surface area contributed by atoms with Crippen molar-refractivity contribution in [3.8, 4) is 0 Å². The minimum Gasteiger partial charge on any atom is -0.369 e. The summed E-state index contributed by atoms with van der Waals surface area (Å²) in [5.74, 6) is -0.564. The van der Waals surface area contributed by atoms with Gasteiger partial charge in [-0.05, 0) is 43.3 Å². The molecule has 0 atom stereocenters. The number of hydrogen-bond acceptors (Lipinski definition) is 5. The summed E-state index contributed by atoms with van der Waals surface area (Å²) in [4.78, 5) is 27.6. The van der Waals surface area contributed by atoms with E-state index < -0.39 is 10.8 Å². The zero-order chi connectivity index (χ0) is 23.4. The van der Waals surface area contributed by atoms with Crippen LogP contribution in [-0.2, 0) is 6.54 Å². The Kier molecular flexibility index (Phi) is 6.65. The summed E-state index contributed by atoms with van der Waals surface area (Å²) in [6.07, 6.45) is 0. The van der Waals surface area contributed by atoms with Gasteiger partial charge in [0, 0.05) is 66.9 Å². The zero-order valence-corrected chi connectivity index (χ0v) is 18.3. The Morgan fingerprint density at radius 2 is 1.73 bits per heavy atom. The summed E-state index contributed by atoms with van der Waals surface area (Å²) < 4.78 is 13.9. The van der Waals surface area contributed by atoms with Crippen LogP contribution in [0.3, 0.4) is 0 Å². The highest BCUT2D eigenvalue weighted by atomic mass is 19.1. The number of hydrogen-bond donors (Lipinski definition) is 1. The van der Waals surface area contributed by atoms with Gasteiger partial charge in [0.25, 0.3) is 11.6 Å². The lowest BCUT2D eigenvalue weighted by molar-refractivity contribution is -0.385. The fraction of sp³-hybridized carbons (Fsp3) is 0.240. The number of rotatable bonds is 6. The van der Waals surface area contributed by atoms with E-state index >= 15 is 0 Å². The van der Waals surface area contributed by atoms with Crippen LogP contribution in [-0.4, -0.2) is 41.9 Å². The zero-order valence-electron chi connectivity index (χ0n) is 18.3. The summed E-state index contributed by atoms with van der Waals surface area (Å²) in [7, 11) is 0. The second kappa shape index (κ2) is 9.79. The highest BCUT2D eigenvalue weighted by molar-refractivity contribution is 6.04. The van der Waals surface area contributed by atoms with Gasteiger partial charge in [0.15, 0.2) is 0 Å². The second-order valence-corrected chi connectivity index (χ2v) is 8.11. The van der Waals surface area contributed by atoms with Gasteiger partial charge in [-0.25, -0.2) is 4.39 Å². The first-order valence-corrected chi connectivity index (χ1v) is 10.8. The molecule has 1 aliphatic rings. The highest BCUT2D eigenvalue weighted by Gasteiger charge is 2.19. The molecule has 7 nitrogen and oxygen atoms in total. The summed E-state index contributed by atoms with van der Waals surface area (Å²) in [5, 5.41) is 13.9. The third-order valence-electron chi connectivity index (χ3n) is 5.88. The number of benzene rings is 3. The molecule has 1 amide bonds. The van der Waals surface area contributed by atoms with Crippen LogP contribution in [0.25, 0.3) is 0 Å². The standard InChI is InChI=1S/C25H25FN4O3/c1-18-6-7-19(16-24(18)30(32)33)25(31)27-21-8-10-22(11-9-21)29-14-12-28(13-15-29)17-20-4-2-3-5-23(20)26/h2-11,16H,12-15,17H2,1H3,(H,27,31). The molecule has 1 fully saturated rings. The maximum absolute atomic E-state index is 13.9. The van der Waals surface area contributed by atoms with Gasteiger partial charge in [0.2, 0.25) is 0 Å². The Hall–Kier alpha value is -3.78. The van der Waals surface area contributed by atoms with Gasteiger partial charge in [-0.1, -0.05) is 24.3 Å². The molecule has 4 rings (SSSR count). The quantitative estimate of drug-likeness (QED) is 0.440. The minimum absolute atomic E-state index is 0.0767. The minimum atomic E-state index is -0.489. The fourth-order valence-corrected chi connectivity index (χ4v) is 3.94. The number of amides is 1. The predicted molar refractivity (Wildman–Crippen MR) is 126 cm³/mol. The first-order chi connectivity index (χ1) is 15.9. The van der Waals surface area contributed by atoms with Gasteiger partial charge < -0.3 is 10.2 Å². The topological polar surface area (TPSA) is 78.7 Å². The Morgan fingerprint density at radius 1 is 1.03 bits per heavy atom. The van der Waals surface area contributed by atoms with Crippen LogP contribution < -0.4 is 10.2 Å². The average Bonchev–Trinajstić information content (AvgIpc) is 2.82. The van der Waals surface area contributed by atoms with Gasteiger partial charge in [-0.15, -0.1) is 0 Å². The summed E-state index contributed by atoms with van der Waals surface area (Å²) in [6.45, 7) is 5.55. The Bertz CT molecular complexity index is 1160. The average molecular weight is 448 g/mol. The lowest BCUT2D eigenvalue weighted by Crippen LogP contribution is -2.46. The first-order valence-electron chi connectivity index (χ1n) is 10.8. The number of nitro groups is 1. The van der Waals surface area contributed by atoms with E-state index in [0.717, 1.165) is 31.9 Å². The number of carbonyl (C=O) groups is 1. The molecule has 33 heavy (non-hydrogen) atoms. The summed E-state index contributed by atoms with van der Waals surface area (Å²) in [6, 6.07) is 18.8. The molecule has 0 aliphatic carbocycles. The van der Waals surface area contributed by atoms with E-state index in [0.29, 0.717) is 23.4 Å². The molecular weight excluding hydrogens is 423 g/mol. The van der Waals surface area contributed by atoms with E-state index in [2.05, 4.69) is 15.1 Å². The van der Waals surface area contributed by atoms with Crippen molar-refractivity contribution in [3.63, 3.8) is 0 Å². The predicted octanol–water partition coefficient (Wildman–Crippen LogP) is 4.62. The van der Waals surface area contributed by atoms with E-state index in [-0.39, 0.29) is 17.1 Å². The Labute approximate surface area is 191 Å². The van der Waals surface area contributed by atoms with Crippen molar-refractivity contribution in [2.24, 2.45) is 0 Å². The smallest absolute Gasteiger partial charge is 0.273 e. The Morgan fingerprint density at radius 3 is 2.39 bits per heavy atom. The number of aryl methyl sites for hydroxylation is 1. The number of nitrogens with one attached hydrogen (secondary N) is 1. The van der Waals surface area contributed by atoms with E-state index in [4.69, 9.17) is 0 Å². The van der Waals surface area contributed by atoms with Crippen molar-refractivity contribution in [3.05, 3.63) is 99.4 Å². The van der Waals surface area contributed by atoms with Gasteiger partial charge in [0.1, 0.15) is 5.82 Å². The van der Waals surface area contributed by atoms with Gasteiger partial charge in [-0.3, -0.25) is 19.8 Å². The van der Waals surface area contributed by atoms with Crippen LogP contribution in [0.2, 0.25) is 0 Å². The Balaban J connectivity index is 1.33. The van der Waals surface area contributed by atoms with Crippen LogP contribution in [0, 0.1) is 22.9 Å². The van der Waals surface area contributed by atoms with Crippen molar-refractivity contribution in [2.75, 3.05) is 36.4 Å². The monoisotopic (exact) mass is 448 g/mol. The molecule has 0 saturated carbocycles. The maximum atomic E-state index is 13.9. The molecule has 170 valence electrons. The van der Waals surface area contributed by atoms with Crippen LogP contribution >= 0.6 is 0 Å². The van der Waals surface area contributed by atoms with Gasteiger partial charge in [0.05, 0.1) is 4.92 Å². The number of piperazine rings is 1. The van der Waals surface area contributed by atoms with Crippen molar-refractivity contribution >= 4 is 23.0 Å².